The highest BCUT2D eigenvalue weighted by molar-refractivity contribution is 7.92. The van der Waals surface area contributed by atoms with Gasteiger partial charge in [-0.05, 0) is 6.07 Å². The first-order chi connectivity index (χ1) is 5.58. The molecule has 0 saturated carbocycles. The fourth-order valence-electron chi connectivity index (χ4n) is 1.17. The van der Waals surface area contributed by atoms with Crippen LogP contribution in [0, 0.1) is 0 Å². The molecule has 12 heavy (non-hydrogen) atoms. The van der Waals surface area contributed by atoms with E-state index < -0.39 is 15.6 Å². The van der Waals surface area contributed by atoms with Gasteiger partial charge in [0.2, 0.25) is 0 Å². The van der Waals surface area contributed by atoms with Gasteiger partial charge in [0.15, 0.2) is 5.76 Å². The third-order valence-corrected chi connectivity index (χ3v) is 3.04. The third-order valence-electron chi connectivity index (χ3n) is 1.64. The second-order valence-corrected chi connectivity index (χ2v) is 5.17. The van der Waals surface area contributed by atoms with Crippen molar-refractivity contribution in [1.29, 1.82) is 0 Å². The topological polar surface area (TPSA) is 59.6 Å². The highest BCUT2D eigenvalue weighted by Crippen LogP contribution is 2.20. The van der Waals surface area contributed by atoms with Gasteiger partial charge >= 0.3 is 5.91 Å². The lowest BCUT2D eigenvalue weighted by Crippen LogP contribution is -2.13. The van der Waals surface area contributed by atoms with Crippen molar-refractivity contribution in [2.24, 2.45) is 4.36 Å². The quantitative estimate of drug-likeness (QED) is 0.606. The fraction of sp³-hybridized carbons (Fsp3) is 0.286. The molecular weight excluding hydrogens is 178 g/mol. The number of carbonyl (C=O) groups excluding carboxylic acids is 1. The van der Waals surface area contributed by atoms with Crippen LogP contribution in [0.4, 0.5) is 0 Å². The molecule has 1 atom stereocenters. The Kier molecular flexibility index (Phi) is 1.38. The molecule has 1 unspecified atom stereocenters. The Labute approximate surface area is 69.8 Å². The van der Waals surface area contributed by atoms with E-state index in [1.807, 2.05) is 0 Å². The second-order valence-electron chi connectivity index (χ2n) is 2.78. The maximum absolute atomic E-state index is 11.4. The van der Waals surface area contributed by atoms with Gasteiger partial charge in [-0.3, -0.25) is 4.79 Å². The van der Waals surface area contributed by atoms with Crippen LogP contribution >= 0.6 is 0 Å². The van der Waals surface area contributed by atoms with Gasteiger partial charge in [0.25, 0.3) is 0 Å². The Hall–Kier alpha value is -1.10. The highest BCUT2D eigenvalue weighted by Gasteiger charge is 2.23. The highest BCUT2D eigenvalue weighted by atomic mass is 32.2. The monoisotopic (exact) mass is 185 g/mol. The molecule has 0 radical (unpaired) electrons. The Morgan fingerprint density at radius 3 is 3.17 bits per heavy atom. The van der Waals surface area contributed by atoms with E-state index in [0.29, 0.717) is 11.3 Å². The Morgan fingerprint density at radius 2 is 2.42 bits per heavy atom. The minimum atomic E-state index is -2.35. The van der Waals surface area contributed by atoms with Crippen molar-refractivity contribution in [2.75, 3.05) is 6.26 Å². The van der Waals surface area contributed by atoms with E-state index in [4.69, 9.17) is 4.42 Å². The molecule has 1 aliphatic heterocycles. The molecule has 0 spiro atoms. The summed E-state index contributed by atoms with van der Waals surface area (Å²) >= 11 is 0. The molecule has 1 aromatic heterocycles. The summed E-state index contributed by atoms with van der Waals surface area (Å²) in [5.74, 6) is 0.0366. The summed E-state index contributed by atoms with van der Waals surface area (Å²) in [4.78, 5) is 11.1. The molecule has 0 fully saturated rings. The second kappa shape index (κ2) is 2.20. The predicted molar refractivity (Wildman–Crippen MR) is 43.2 cm³/mol. The Bertz CT molecular complexity index is 451. The smallest absolute Gasteiger partial charge is 0.321 e. The lowest BCUT2D eigenvalue weighted by molar-refractivity contribution is 0.0976. The molecule has 4 nitrogen and oxygen atoms in total. The number of hydrogen-bond acceptors (Lipinski definition) is 3. The van der Waals surface area contributed by atoms with E-state index in [2.05, 4.69) is 4.36 Å². The van der Waals surface area contributed by atoms with Crippen LogP contribution in [0.5, 0.6) is 0 Å². The molecule has 2 heterocycles. The van der Waals surface area contributed by atoms with Gasteiger partial charge in [-0.2, -0.15) is 4.36 Å². The largest absolute Gasteiger partial charge is 0.459 e. The summed E-state index contributed by atoms with van der Waals surface area (Å²) in [6.07, 6.45) is 2.89. The Morgan fingerprint density at radius 1 is 1.67 bits per heavy atom. The van der Waals surface area contributed by atoms with E-state index >= 15 is 0 Å². The molecular formula is C7H7NO3S. The molecule has 0 aromatic carbocycles. The molecule has 0 aliphatic carbocycles. The summed E-state index contributed by atoms with van der Waals surface area (Å²) in [7, 11) is -2.35. The lowest BCUT2D eigenvalue weighted by Gasteiger charge is -2.07. The minimum Gasteiger partial charge on any atom is -0.459 e. The first kappa shape index (κ1) is 7.54. The summed E-state index contributed by atoms with van der Waals surface area (Å²) in [5.41, 5.74) is 0.697. The van der Waals surface area contributed by atoms with Gasteiger partial charge in [-0.25, -0.2) is 4.21 Å². The number of nitrogens with zero attached hydrogens (tertiary/aromatic N) is 1. The van der Waals surface area contributed by atoms with E-state index in [-0.39, 0.29) is 5.76 Å². The first-order valence-electron chi connectivity index (χ1n) is 3.39. The van der Waals surface area contributed by atoms with E-state index in [1.54, 1.807) is 6.07 Å². The van der Waals surface area contributed by atoms with Crippen molar-refractivity contribution in [1.82, 2.24) is 0 Å². The fourth-order valence-corrected chi connectivity index (χ4v) is 2.48. The van der Waals surface area contributed by atoms with Crippen LogP contribution in [0.1, 0.15) is 16.1 Å². The molecule has 0 bridgehead atoms. The zero-order valence-corrected chi connectivity index (χ0v) is 7.26. The van der Waals surface area contributed by atoms with Crippen molar-refractivity contribution in [3.05, 3.63) is 23.7 Å². The standard InChI is InChI=1S/C7H7NO3S/c1-12(10)4-5-2-3-11-6(5)7(9)8-12/h2-3H,4H2,1H3. The molecule has 0 saturated heterocycles. The zero-order valence-electron chi connectivity index (χ0n) is 6.44. The van der Waals surface area contributed by atoms with Gasteiger partial charge in [-0.1, -0.05) is 0 Å². The van der Waals surface area contributed by atoms with Gasteiger partial charge in [0.05, 0.1) is 21.7 Å². The first-order valence-corrected chi connectivity index (χ1v) is 5.48. The molecule has 2 rings (SSSR count). The average molecular weight is 185 g/mol. The van der Waals surface area contributed by atoms with Crippen LogP contribution in [0.25, 0.3) is 0 Å². The number of rotatable bonds is 0. The van der Waals surface area contributed by atoms with Crippen LogP contribution in [0.3, 0.4) is 0 Å². The van der Waals surface area contributed by atoms with Gasteiger partial charge in [-0.15, -0.1) is 0 Å². The zero-order chi connectivity index (χ0) is 8.77. The van der Waals surface area contributed by atoms with Crippen LogP contribution in [0.15, 0.2) is 21.1 Å². The van der Waals surface area contributed by atoms with E-state index in [1.165, 1.54) is 12.5 Å². The molecule has 5 heteroatoms. The molecule has 1 amide bonds. The average Bonchev–Trinajstić information content (AvgIpc) is 2.31. The van der Waals surface area contributed by atoms with Gasteiger partial charge in [0.1, 0.15) is 0 Å². The SMILES string of the molecule is CS1(=O)=NC(=O)c2occc2C1. The molecule has 1 aliphatic rings. The summed E-state index contributed by atoms with van der Waals surface area (Å²) in [6.45, 7) is 0. The van der Waals surface area contributed by atoms with Crippen molar-refractivity contribution in [2.45, 2.75) is 5.75 Å². The normalized spacial score (nSPS) is 27.9. The van der Waals surface area contributed by atoms with E-state index in [9.17, 15) is 9.00 Å². The van der Waals surface area contributed by atoms with Crippen LogP contribution in [-0.4, -0.2) is 16.4 Å². The maximum atomic E-state index is 11.4. The molecule has 64 valence electrons. The third kappa shape index (κ3) is 1.06. The van der Waals surface area contributed by atoms with Crippen LogP contribution in [-0.2, 0) is 15.5 Å². The lowest BCUT2D eigenvalue weighted by atomic mass is 10.3. The molecule has 1 aromatic rings. The van der Waals surface area contributed by atoms with Crippen molar-refractivity contribution in [3.63, 3.8) is 0 Å². The van der Waals surface area contributed by atoms with Gasteiger partial charge < -0.3 is 4.42 Å². The predicted octanol–water partition coefficient (Wildman–Crippen LogP) is 1.03. The summed E-state index contributed by atoms with van der Waals surface area (Å²) in [6, 6.07) is 1.66. The van der Waals surface area contributed by atoms with Gasteiger partial charge in [0, 0.05) is 11.8 Å². The number of amides is 1. The summed E-state index contributed by atoms with van der Waals surface area (Å²) < 4.78 is 19.9. The summed E-state index contributed by atoms with van der Waals surface area (Å²) in [5, 5.41) is 0. The maximum Gasteiger partial charge on any atom is 0.321 e. The van der Waals surface area contributed by atoms with Crippen LogP contribution < -0.4 is 0 Å². The number of furan rings is 1. The van der Waals surface area contributed by atoms with E-state index in [0.717, 1.165) is 0 Å². The van der Waals surface area contributed by atoms with Crippen molar-refractivity contribution >= 4 is 15.6 Å². The van der Waals surface area contributed by atoms with Crippen LogP contribution in [0.2, 0.25) is 0 Å². The number of fused-ring (bicyclic) bond motifs is 1. The minimum absolute atomic E-state index is 0.232. The number of hydrogen-bond donors (Lipinski definition) is 0. The molecule has 0 N–H and O–H groups in total. The number of carbonyl (C=O) groups is 1. The Balaban J connectivity index is 2.65. The van der Waals surface area contributed by atoms with Crippen molar-refractivity contribution < 1.29 is 13.4 Å². The van der Waals surface area contributed by atoms with Crippen molar-refractivity contribution in [3.8, 4) is 0 Å².